The summed E-state index contributed by atoms with van der Waals surface area (Å²) in [6.45, 7) is 0. The molecule has 0 saturated heterocycles. The van der Waals surface area contributed by atoms with Crippen LogP contribution in [0.4, 0.5) is 8.78 Å². The molecule has 0 radical (unpaired) electrons. The fourth-order valence-electron chi connectivity index (χ4n) is 4.00. The molecule has 1 aliphatic rings. The van der Waals surface area contributed by atoms with Gasteiger partial charge in [-0.1, -0.05) is 24.3 Å². The van der Waals surface area contributed by atoms with E-state index in [2.05, 4.69) is 9.97 Å². The molecule has 1 aliphatic carbocycles. The largest absolute Gasteiger partial charge is 0.287 e. The van der Waals surface area contributed by atoms with Crippen LogP contribution < -0.4 is 0 Å². The van der Waals surface area contributed by atoms with E-state index in [0.29, 0.717) is 0 Å². The van der Waals surface area contributed by atoms with E-state index in [9.17, 15) is 35.2 Å². The maximum atomic E-state index is 13.4. The van der Waals surface area contributed by atoms with Crippen molar-refractivity contribution in [2.24, 2.45) is 0 Å². The first-order valence-corrected chi connectivity index (χ1v) is 14.3. The maximum Gasteiger partial charge on any atom is 0.214 e. The Kier molecular flexibility index (Phi) is 6.24. The third-order valence-electron chi connectivity index (χ3n) is 5.90. The summed E-state index contributed by atoms with van der Waals surface area (Å²) in [5.74, 6) is -4.42. The van der Waals surface area contributed by atoms with E-state index >= 15 is 0 Å². The second-order valence-electron chi connectivity index (χ2n) is 8.44. The van der Waals surface area contributed by atoms with E-state index in [1.54, 1.807) is 12.1 Å². The Morgan fingerprint density at radius 1 is 0.553 bits per heavy atom. The number of benzene rings is 3. The Labute approximate surface area is 215 Å². The van der Waals surface area contributed by atoms with Gasteiger partial charge in [-0.15, -0.1) is 0 Å². The molecule has 4 aromatic rings. The van der Waals surface area contributed by atoms with Gasteiger partial charge >= 0.3 is 0 Å². The molecule has 0 amide bonds. The van der Waals surface area contributed by atoms with Crippen LogP contribution in [0.25, 0.3) is 0 Å². The molecule has 1 aromatic heterocycles. The molecule has 0 unspecified atom stereocenters. The maximum absolute atomic E-state index is 13.4. The molecule has 0 bridgehead atoms. The summed E-state index contributed by atoms with van der Waals surface area (Å²) in [5.41, 5.74) is -1.42. The Morgan fingerprint density at radius 2 is 0.895 bits per heavy atom. The second-order valence-corrected chi connectivity index (χ2v) is 12.4. The van der Waals surface area contributed by atoms with Gasteiger partial charge < -0.3 is 0 Å². The van der Waals surface area contributed by atoms with Crippen LogP contribution in [-0.4, -0.2) is 38.4 Å². The standard InChI is InChI=1S/C26H16F2N2O6S2/c27-15-5-9-17(10-6-15)37(33,34)13-21-22(14-38(35,36)18-11-7-16(28)8-12-18)30-24-23(29-21)25(31)19-3-1-2-4-20(19)26(24)32/h1-12H,13-14H2. The highest BCUT2D eigenvalue weighted by Gasteiger charge is 2.35. The number of halogens is 2. The van der Waals surface area contributed by atoms with Crippen molar-refractivity contribution in [2.75, 3.05) is 0 Å². The SMILES string of the molecule is O=C1c2ccccc2C(=O)c2nc(CS(=O)(=O)c3ccc(F)cc3)c(CS(=O)(=O)c3ccc(F)cc3)nc21. The van der Waals surface area contributed by atoms with Crippen LogP contribution in [0.5, 0.6) is 0 Å². The number of carbonyl (C=O) groups excluding carboxylic acids is 2. The van der Waals surface area contributed by atoms with Gasteiger partial charge in [-0.25, -0.2) is 35.6 Å². The molecular weight excluding hydrogens is 538 g/mol. The minimum atomic E-state index is -4.21. The zero-order valence-electron chi connectivity index (χ0n) is 19.3. The molecule has 38 heavy (non-hydrogen) atoms. The molecule has 12 heteroatoms. The van der Waals surface area contributed by atoms with E-state index in [-0.39, 0.29) is 32.3 Å². The van der Waals surface area contributed by atoms with E-state index in [1.165, 1.54) is 12.1 Å². The van der Waals surface area contributed by atoms with Gasteiger partial charge in [0.05, 0.1) is 32.7 Å². The third kappa shape index (κ3) is 4.63. The van der Waals surface area contributed by atoms with Gasteiger partial charge in [-0.2, -0.15) is 0 Å². The van der Waals surface area contributed by atoms with Crippen LogP contribution in [0.3, 0.4) is 0 Å². The molecule has 0 aliphatic heterocycles. The van der Waals surface area contributed by atoms with Crippen LogP contribution in [0.15, 0.2) is 82.6 Å². The first-order chi connectivity index (χ1) is 18.0. The van der Waals surface area contributed by atoms with Crippen molar-refractivity contribution in [1.29, 1.82) is 0 Å². The van der Waals surface area contributed by atoms with E-state index < -0.39 is 65.8 Å². The molecule has 0 fully saturated rings. The number of fused-ring (bicyclic) bond motifs is 2. The summed E-state index contributed by atoms with van der Waals surface area (Å²) in [6.07, 6.45) is 0. The summed E-state index contributed by atoms with van der Waals surface area (Å²) in [5, 5.41) is 0. The molecule has 192 valence electrons. The molecule has 0 N–H and O–H groups in total. The van der Waals surface area contributed by atoms with Crippen LogP contribution in [0.1, 0.15) is 43.5 Å². The van der Waals surface area contributed by atoms with Gasteiger partial charge in [0.1, 0.15) is 23.0 Å². The summed E-state index contributed by atoms with van der Waals surface area (Å²) >= 11 is 0. The first-order valence-electron chi connectivity index (χ1n) is 11.0. The number of hydrogen-bond donors (Lipinski definition) is 0. The Balaban J connectivity index is 1.65. The molecule has 0 atom stereocenters. The quantitative estimate of drug-likeness (QED) is 0.292. The number of aromatic nitrogens is 2. The van der Waals surface area contributed by atoms with Crippen molar-refractivity contribution in [3.63, 3.8) is 0 Å². The number of carbonyl (C=O) groups is 2. The smallest absolute Gasteiger partial charge is 0.214 e. The zero-order chi connectivity index (χ0) is 27.2. The predicted octanol–water partition coefficient (Wildman–Crippen LogP) is 3.48. The highest BCUT2D eigenvalue weighted by molar-refractivity contribution is 7.91. The van der Waals surface area contributed by atoms with Crippen molar-refractivity contribution >= 4 is 31.2 Å². The van der Waals surface area contributed by atoms with Gasteiger partial charge in [0.2, 0.25) is 11.6 Å². The van der Waals surface area contributed by atoms with Crippen molar-refractivity contribution in [1.82, 2.24) is 9.97 Å². The minimum absolute atomic E-state index is 0.0540. The monoisotopic (exact) mass is 554 g/mol. The van der Waals surface area contributed by atoms with E-state index in [4.69, 9.17) is 0 Å². The highest BCUT2D eigenvalue weighted by atomic mass is 32.2. The van der Waals surface area contributed by atoms with Gasteiger partial charge in [0.25, 0.3) is 0 Å². The number of ketones is 2. The lowest BCUT2D eigenvalue weighted by Gasteiger charge is -2.19. The lowest BCUT2D eigenvalue weighted by molar-refractivity contribution is 0.0971. The van der Waals surface area contributed by atoms with Crippen molar-refractivity contribution in [3.8, 4) is 0 Å². The molecule has 1 heterocycles. The fourth-order valence-corrected chi connectivity index (χ4v) is 6.61. The van der Waals surface area contributed by atoms with Crippen molar-refractivity contribution < 1.29 is 35.2 Å². The lowest BCUT2D eigenvalue weighted by Crippen LogP contribution is -2.27. The highest BCUT2D eigenvalue weighted by Crippen LogP contribution is 2.28. The summed E-state index contributed by atoms with van der Waals surface area (Å²) in [4.78, 5) is 34.0. The molecule has 3 aromatic carbocycles. The number of rotatable bonds is 6. The number of sulfone groups is 2. The van der Waals surface area contributed by atoms with Gasteiger partial charge in [0, 0.05) is 11.1 Å². The van der Waals surface area contributed by atoms with Crippen LogP contribution in [0.2, 0.25) is 0 Å². The molecular formula is C26H16F2N2O6S2. The Bertz CT molecular complexity index is 1700. The lowest BCUT2D eigenvalue weighted by atomic mass is 9.89. The molecule has 0 spiro atoms. The van der Waals surface area contributed by atoms with Crippen LogP contribution >= 0.6 is 0 Å². The topological polar surface area (TPSA) is 128 Å². The molecule has 5 rings (SSSR count). The summed E-state index contributed by atoms with van der Waals surface area (Å²) in [7, 11) is -8.41. The van der Waals surface area contributed by atoms with Crippen LogP contribution in [0, 0.1) is 11.6 Å². The van der Waals surface area contributed by atoms with Crippen molar-refractivity contribution in [3.05, 3.63) is 118 Å². The van der Waals surface area contributed by atoms with Gasteiger partial charge in [0.15, 0.2) is 19.7 Å². The van der Waals surface area contributed by atoms with Gasteiger partial charge in [-0.3, -0.25) is 9.59 Å². The Morgan fingerprint density at radius 3 is 1.24 bits per heavy atom. The summed E-state index contributed by atoms with van der Waals surface area (Å²) in [6, 6.07) is 13.9. The Hall–Kier alpha value is -4.16. The second kappa shape index (κ2) is 9.30. The average Bonchev–Trinajstić information content (AvgIpc) is 2.88. The first kappa shape index (κ1) is 25.5. The third-order valence-corrected chi connectivity index (χ3v) is 9.18. The number of nitrogens with zero attached hydrogens (tertiary/aromatic N) is 2. The van der Waals surface area contributed by atoms with Gasteiger partial charge in [-0.05, 0) is 48.5 Å². The average molecular weight is 555 g/mol. The number of hydrogen-bond acceptors (Lipinski definition) is 8. The van der Waals surface area contributed by atoms with E-state index in [0.717, 1.165) is 48.5 Å². The normalized spacial score (nSPS) is 13.2. The zero-order valence-corrected chi connectivity index (χ0v) is 20.9. The summed E-state index contributed by atoms with van der Waals surface area (Å²) < 4.78 is 79.2. The van der Waals surface area contributed by atoms with Crippen LogP contribution in [-0.2, 0) is 31.2 Å². The fraction of sp³-hybridized carbons (Fsp3) is 0.0769. The predicted molar refractivity (Wildman–Crippen MR) is 130 cm³/mol. The molecule has 8 nitrogen and oxygen atoms in total. The minimum Gasteiger partial charge on any atom is -0.287 e. The molecule has 0 saturated carbocycles. The van der Waals surface area contributed by atoms with E-state index in [1.807, 2.05) is 0 Å². The van der Waals surface area contributed by atoms with Crippen molar-refractivity contribution in [2.45, 2.75) is 21.3 Å².